The molecule has 0 radical (unpaired) electrons. The number of carbonyl (C=O) groups excluding carboxylic acids is 1. The van der Waals surface area contributed by atoms with Crippen LogP contribution in [0.15, 0.2) is 31.0 Å². The third-order valence-corrected chi connectivity index (χ3v) is 8.54. The zero-order valence-electron chi connectivity index (χ0n) is 19.3. The third-order valence-electron chi connectivity index (χ3n) is 8.54. The van der Waals surface area contributed by atoms with Crippen LogP contribution in [0.1, 0.15) is 44.6 Å². The Morgan fingerprint density at radius 3 is 2.59 bits per heavy atom. The first-order valence-corrected chi connectivity index (χ1v) is 12.7. The Hall–Kier alpha value is -2.78. The molecule has 9 heteroatoms. The van der Waals surface area contributed by atoms with Gasteiger partial charge in [0.2, 0.25) is 5.91 Å². The van der Waals surface area contributed by atoms with Crippen molar-refractivity contribution in [1.29, 1.82) is 0 Å². The van der Waals surface area contributed by atoms with E-state index in [0.29, 0.717) is 30.1 Å². The molecule has 4 fully saturated rings. The molecule has 178 valence electrons. The van der Waals surface area contributed by atoms with Crippen LogP contribution in [0.2, 0.25) is 0 Å². The van der Waals surface area contributed by atoms with Crippen LogP contribution >= 0.6 is 0 Å². The normalized spacial score (nSPS) is 28.5. The Morgan fingerprint density at radius 1 is 1.00 bits per heavy atom. The van der Waals surface area contributed by atoms with Crippen molar-refractivity contribution in [3.8, 4) is 11.3 Å². The summed E-state index contributed by atoms with van der Waals surface area (Å²) in [7, 11) is 0. The minimum absolute atomic E-state index is 0.179. The van der Waals surface area contributed by atoms with Gasteiger partial charge in [0, 0.05) is 73.7 Å². The Kier molecular flexibility index (Phi) is 4.94. The van der Waals surface area contributed by atoms with E-state index in [0.717, 1.165) is 74.3 Å². The molecule has 1 N–H and O–H groups in total. The zero-order chi connectivity index (χ0) is 22.6. The lowest BCUT2D eigenvalue weighted by atomic mass is 9.90. The fraction of sp³-hybridized carbons (Fsp3) is 0.600. The maximum absolute atomic E-state index is 13.2. The molecule has 0 aliphatic carbocycles. The van der Waals surface area contributed by atoms with Crippen molar-refractivity contribution in [2.75, 3.05) is 26.3 Å². The summed E-state index contributed by atoms with van der Waals surface area (Å²) < 4.78 is 7.58. The molecule has 3 aromatic heterocycles. The second-order valence-corrected chi connectivity index (χ2v) is 10.4. The number of piperidine rings is 1. The predicted molar refractivity (Wildman–Crippen MR) is 126 cm³/mol. The summed E-state index contributed by atoms with van der Waals surface area (Å²) in [5, 5.41) is 5.69. The van der Waals surface area contributed by atoms with Crippen LogP contribution in [0.4, 0.5) is 0 Å². The van der Waals surface area contributed by atoms with Gasteiger partial charge in [-0.3, -0.25) is 14.4 Å². The largest absolute Gasteiger partial charge is 0.381 e. The molecule has 2 atom stereocenters. The molecule has 0 aromatic carbocycles. The summed E-state index contributed by atoms with van der Waals surface area (Å²) in [6.07, 6.45) is 13.9. The molecular weight excluding hydrogens is 430 g/mol. The van der Waals surface area contributed by atoms with E-state index in [4.69, 9.17) is 4.74 Å². The molecule has 7 rings (SSSR count). The third kappa shape index (κ3) is 3.36. The van der Waals surface area contributed by atoms with Crippen LogP contribution in [0.5, 0.6) is 0 Å². The fourth-order valence-electron chi connectivity index (χ4n) is 6.68. The minimum atomic E-state index is 0.179. The van der Waals surface area contributed by atoms with Crippen molar-refractivity contribution in [2.45, 2.75) is 62.7 Å². The Bertz CT molecular complexity index is 1180. The number of carbonyl (C=O) groups is 1. The molecule has 34 heavy (non-hydrogen) atoms. The van der Waals surface area contributed by atoms with E-state index < -0.39 is 0 Å². The van der Waals surface area contributed by atoms with Gasteiger partial charge in [-0.2, -0.15) is 5.10 Å². The van der Waals surface area contributed by atoms with Crippen molar-refractivity contribution in [3.05, 3.63) is 31.0 Å². The second kappa shape index (κ2) is 8.16. The smallest absolute Gasteiger partial charge is 0.226 e. The van der Waals surface area contributed by atoms with E-state index in [1.54, 1.807) is 6.33 Å². The summed E-state index contributed by atoms with van der Waals surface area (Å²) in [6.45, 7) is 3.53. The van der Waals surface area contributed by atoms with Crippen LogP contribution in [-0.2, 0) is 9.53 Å². The van der Waals surface area contributed by atoms with Gasteiger partial charge in [0.25, 0.3) is 0 Å². The van der Waals surface area contributed by atoms with Gasteiger partial charge in [-0.05, 0) is 44.6 Å². The van der Waals surface area contributed by atoms with Crippen molar-refractivity contribution >= 4 is 16.9 Å². The van der Waals surface area contributed by atoms with Crippen LogP contribution in [0, 0.1) is 5.92 Å². The van der Waals surface area contributed by atoms with E-state index in [1.807, 2.05) is 18.5 Å². The van der Waals surface area contributed by atoms with Gasteiger partial charge in [0.15, 0.2) is 0 Å². The first-order chi connectivity index (χ1) is 16.7. The fourth-order valence-corrected chi connectivity index (χ4v) is 6.68. The molecule has 9 nitrogen and oxygen atoms in total. The monoisotopic (exact) mass is 461 g/mol. The molecule has 1 amide bonds. The molecular formula is C25H31N7O2. The summed E-state index contributed by atoms with van der Waals surface area (Å²) in [5.74, 6) is 0.583. The van der Waals surface area contributed by atoms with Crippen LogP contribution in [0.3, 0.4) is 0 Å². The van der Waals surface area contributed by atoms with E-state index in [9.17, 15) is 4.79 Å². The topological polar surface area (TPSA) is 92.2 Å². The van der Waals surface area contributed by atoms with Gasteiger partial charge in [0.1, 0.15) is 12.0 Å². The summed E-state index contributed by atoms with van der Waals surface area (Å²) >= 11 is 0. The SMILES string of the molecule is O=C(C1CCOCC1)N1C2CCC1CC(N1CC(n3cc(-c4ncnc5[nH]ccc45)cn3)C1)C2. The van der Waals surface area contributed by atoms with Gasteiger partial charge in [0.05, 0.1) is 17.9 Å². The first-order valence-electron chi connectivity index (χ1n) is 12.7. The van der Waals surface area contributed by atoms with Gasteiger partial charge in [-0.25, -0.2) is 9.97 Å². The molecule has 3 aromatic rings. The molecule has 0 spiro atoms. The lowest BCUT2D eigenvalue weighted by Gasteiger charge is -2.49. The maximum Gasteiger partial charge on any atom is 0.226 e. The number of nitrogens with one attached hydrogen (secondary N) is 1. The number of H-pyrrole nitrogens is 1. The van der Waals surface area contributed by atoms with E-state index in [-0.39, 0.29) is 5.92 Å². The number of likely N-dealkylation sites (tertiary alicyclic amines) is 1. The molecule has 4 aliphatic rings. The van der Waals surface area contributed by atoms with Gasteiger partial charge >= 0.3 is 0 Å². The highest BCUT2D eigenvalue weighted by molar-refractivity contribution is 5.90. The standard InChI is InChI=1S/C25H31N7O2/c33-25(16-4-7-34-8-5-16)32-18-1-2-19(32)10-20(9-18)30-13-21(14-30)31-12-17(11-29-31)23-22-3-6-26-24(22)28-15-27-23/h3,6,11-12,15-16,18-21H,1-2,4-5,7-10,13-14H2,(H,26,27,28). The van der Waals surface area contributed by atoms with E-state index >= 15 is 0 Å². The molecule has 4 aliphatic heterocycles. The molecule has 2 unspecified atom stereocenters. The molecule has 4 saturated heterocycles. The summed E-state index contributed by atoms with van der Waals surface area (Å²) in [4.78, 5) is 30.1. The number of hydrogen-bond acceptors (Lipinski definition) is 6. The summed E-state index contributed by atoms with van der Waals surface area (Å²) in [6, 6.07) is 3.85. The Labute approximate surface area is 198 Å². The van der Waals surface area contributed by atoms with Gasteiger partial charge in [-0.1, -0.05) is 0 Å². The van der Waals surface area contributed by atoms with E-state index in [2.05, 4.69) is 40.7 Å². The Morgan fingerprint density at radius 2 is 1.79 bits per heavy atom. The highest BCUT2D eigenvalue weighted by Crippen LogP contribution is 2.41. The van der Waals surface area contributed by atoms with Crippen LogP contribution in [-0.4, -0.2) is 84.9 Å². The molecule has 7 heterocycles. The number of aromatic nitrogens is 5. The number of rotatable bonds is 4. The minimum Gasteiger partial charge on any atom is -0.381 e. The first kappa shape index (κ1) is 20.6. The highest BCUT2D eigenvalue weighted by Gasteiger charge is 2.48. The molecule has 0 saturated carbocycles. The number of ether oxygens (including phenoxy) is 1. The number of fused-ring (bicyclic) bond motifs is 3. The zero-order valence-corrected chi connectivity index (χ0v) is 19.3. The predicted octanol–water partition coefficient (Wildman–Crippen LogP) is 2.63. The summed E-state index contributed by atoms with van der Waals surface area (Å²) in [5.41, 5.74) is 2.80. The van der Waals surface area contributed by atoms with Crippen LogP contribution < -0.4 is 0 Å². The lowest BCUT2D eigenvalue weighted by Crippen LogP contribution is -2.59. The van der Waals surface area contributed by atoms with Crippen molar-refractivity contribution in [3.63, 3.8) is 0 Å². The van der Waals surface area contributed by atoms with Crippen molar-refractivity contribution in [2.24, 2.45) is 5.92 Å². The Balaban J connectivity index is 0.991. The average molecular weight is 462 g/mol. The van der Waals surface area contributed by atoms with Crippen LogP contribution in [0.25, 0.3) is 22.3 Å². The quantitative estimate of drug-likeness (QED) is 0.642. The number of hydrogen-bond donors (Lipinski definition) is 1. The number of aromatic amines is 1. The van der Waals surface area contributed by atoms with Gasteiger partial charge in [-0.15, -0.1) is 0 Å². The number of nitrogens with zero attached hydrogens (tertiary/aromatic N) is 6. The van der Waals surface area contributed by atoms with Crippen molar-refractivity contribution in [1.82, 2.24) is 34.5 Å². The lowest BCUT2D eigenvalue weighted by molar-refractivity contribution is -0.144. The van der Waals surface area contributed by atoms with Gasteiger partial charge < -0.3 is 14.6 Å². The average Bonchev–Trinajstić information content (AvgIpc) is 3.56. The number of amides is 1. The molecule has 2 bridgehead atoms. The highest BCUT2D eigenvalue weighted by atomic mass is 16.5. The van der Waals surface area contributed by atoms with Crippen molar-refractivity contribution < 1.29 is 9.53 Å². The van der Waals surface area contributed by atoms with E-state index in [1.165, 1.54) is 12.8 Å². The second-order valence-electron chi connectivity index (χ2n) is 10.4. The maximum atomic E-state index is 13.2.